The van der Waals surface area contributed by atoms with Crippen LogP contribution in [0.3, 0.4) is 0 Å². The molecule has 0 spiro atoms. The van der Waals surface area contributed by atoms with Gasteiger partial charge in [0.15, 0.2) is 0 Å². The molecule has 5 nitrogen and oxygen atoms in total. The first kappa shape index (κ1) is 14.5. The molecule has 1 aromatic carbocycles. The molecule has 2 aliphatic rings. The van der Waals surface area contributed by atoms with E-state index >= 15 is 0 Å². The van der Waals surface area contributed by atoms with E-state index in [2.05, 4.69) is 14.9 Å². The molecule has 1 aliphatic heterocycles. The van der Waals surface area contributed by atoms with Gasteiger partial charge in [0.2, 0.25) is 5.95 Å². The van der Waals surface area contributed by atoms with Crippen LogP contribution in [0.5, 0.6) is 5.75 Å². The highest BCUT2D eigenvalue weighted by Crippen LogP contribution is 2.39. The Bertz CT molecular complexity index is 658. The topological polar surface area (TPSA) is 64.3 Å². The standard InChI is InChI=1S/C18H22N4O/c1-12(19)13-4-6-16(7-5-13)23-17-10-22(11-17)18-20-8-15(9-21-18)14-2-3-14/h4-9,12,14,17H,2-3,10-11,19H2,1H3. The molecule has 5 heteroatoms. The molecular formula is C18H22N4O. The summed E-state index contributed by atoms with van der Waals surface area (Å²) in [6, 6.07) is 8.08. The van der Waals surface area contributed by atoms with Crippen LogP contribution in [0.15, 0.2) is 36.7 Å². The molecule has 0 bridgehead atoms. The summed E-state index contributed by atoms with van der Waals surface area (Å²) in [5, 5.41) is 0. The summed E-state index contributed by atoms with van der Waals surface area (Å²) in [7, 11) is 0. The molecule has 0 amide bonds. The Morgan fingerprint density at radius 3 is 2.35 bits per heavy atom. The van der Waals surface area contributed by atoms with Crippen molar-refractivity contribution in [1.29, 1.82) is 0 Å². The fraction of sp³-hybridized carbons (Fsp3) is 0.444. The van der Waals surface area contributed by atoms with E-state index in [1.165, 1.54) is 18.4 Å². The molecule has 2 aromatic rings. The second kappa shape index (κ2) is 5.81. The maximum Gasteiger partial charge on any atom is 0.225 e. The Labute approximate surface area is 136 Å². The van der Waals surface area contributed by atoms with Crippen molar-refractivity contribution >= 4 is 5.95 Å². The number of benzene rings is 1. The van der Waals surface area contributed by atoms with Gasteiger partial charge in [-0.2, -0.15) is 0 Å². The Morgan fingerprint density at radius 2 is 1.78 bits per heavy atom. The number of ether oxygens (including phenoxy) is 1. The number of nitrogens with zero attached hydrogens (tertiary/aromatic N) is 3. The first-order valence-electron chi connectivity index (χ1n) is 8.28. The van der Waals surface area contributed by atoms with Crippen molar-refractivity contribution < 1.29 is 4.74 Å². The lowest BCUT2D eigenvalue weighted by Gasteiger charge is -2.38. The highest BCUT2D eigenvalue weighted by atomic mass is 16.5. The zero-order valence-corrected chi connectivity index (χ0v) is 13.4. The first-order chi connectivity index (χ1) is 11.2. The van der Waals surface area contributed by atoms with Crippen molar-refractivity contribution in [2.45, 2.75) is 37.8 Å². The van der Waals surface area contributed by atoms with Crippen LogP contribution in [-0.4, -0.2) is 29.2 Å². The van der Waals surface area contributed by atoms with Gasteiger partial charge in [-0.15, -0.1) is 0 Å². The quantitative estimate of drug-likeness (QED) is 0.920. The molecule has 1 saturated carbocycles. The molecule has 2 heterocycles. The van der Waals surface area contributed by atoms with E-state index in [-0.39, 0.29) is 12.1 Å². The summed E-state index contributed by atoms with van der Waals surface area (Å²) in [5.41, 5.74) is 8.25. The van der Waals surface area contributed by atoms with E-state index in [0.29, 0.717) is 5.92 Å². The number of hydrogen-bond acceptors (Lipinski definition) is 5. The van der Waals surface area contributed by atoms with E-state index in [1.54, 1.807) is 0 Å². The van der Waals surface area contributed by atoms with E-state index in [4.69, 9.17) is 10.5 Å². The third-order valence-corrected chi connectivity index (χ3v) is 4.55. The molecule has 0 radical (unpaired) electrons. The van der Waals surface area contributed by atoms with Gasteiger partial charge in [-0.05, 0) is 48.9 Å². The van der Waals surface area contributed by atoms with Crippen molar-refractivity contribution in [3.63, 3.8) is 0 Å². The van der Waals surface area contributed by atoms with Crippen LogP contribution in [0.4, 0.5) is 5.95 Å². The van der Waals surface area contributed by atoms with Gasteiger partial charge in [-0.25, -0.2) is 9.97 Å². The molecule has 1 saturated heterocycles. The SMILES string of the molecule is CC(N)c1ccc(OC2CN(c3ncc(C4CC4)cn3)C2)cc1. The first-order valence-corrected chi connectivity index (χ1v) is 8.28. The lowest BCUT2D eigenvalue weighted by Crippen LogP contribution is -2.54. The number of anilines is 1. The average Bonchev–Trinajstić information content (AvgIpc) is 3.36. The monoisotopic (exact) mass is 310 g/mol. The molecule has 120 valence electrons. The molecule has 1 aromatic heterocycles. The fourth-order valence-corrected chi connectivity index (χ4v) is 2.84. The van der Waals surface area contributed by atoms with Crippen molar-refractivity contribution in [2.75, 3.05) is 18.0 Å². The van der Waals surface area contributed by atoms with E-state index in [9.17, 15) is 0 Å². The maximum atomic E-state index is 5.97. The van der Waals surface area contributed by atoms with Gasteiger partial charge in [-0.3, -0.25) is 0 Å². The summed E-state index contributed by atoms with van der Waals surface area (Å²) in [4.78, 5) is 11.1. The lowest BCUT2D eigenvalue weighted by molar-refractivity contribution is 0.166. The van der Waals surface area contributed by atoms with Crippen LogP contribution in [0.25, 0.3) is 0 Å². The average molecular weight is 310 g/mol. The molecule has 4 rings (SSSR count). The summed E-state index contributed by atoms with van der Waals surface area (Å²) in [5.74, 6) is 2.40. The van der Waals surface area contributed by atoms with E-state index < -0.39 is 0 Å². The summed E-state index contributed by atoms with van der Waals surface area (Å²) >= 11 is 0. The van der Waals surface area contributed by atoms with Gasteiger partial charge in [-0.1, -0.05) is 12.1 Å². The maximum absolute atomic E-state index is 5.97. The van der Waals surface area contributed by atoms with Crippen molar-refractivity contribution in [3.05, 3.63) is 47.8 Å². The smallest absolute Gasteiger partial charge is 0.225 e. The predicted molar refractivity (Wildman–Crippen MR) is 89.7 cm³/mol. The van der Waals surface area contributed by atoms with E-state index in [0.717, 1.165) is 30.4 Å². The van der Waals surface area contributed by atoms with Gasteiger partial charge in [0.25, 0.3) is 0 Å². The van der Waals surface area contributed by atoms with E-state index in [1.807, 2.05) is 43.6 Å². The normalized spacial score (nSPS) is 19.3. The van der Waals surface area contributed by atoms with Gasteiger partial charge in [0, 0.05) is 18.4 Å². The minimum atomic E-state index is 0.0546. The largest absolute Gasteiger partial charge is 0.487 e. The molecule has 2 fully saturated rings. The second-order valence-corrected chi connectivity index (χ2v) is 6.59. The number of hydrogen-bond donors (Lipinski definition) is 1. The van der Waals surface area contributed by atoms with Crippen LogP contribution in [-0.2, 0) is 0 Å². The van der Waals surface area contributed by atoms with Crippen LogP contribution in [0, 0.1) is 0 Å². The van der Waals surface area contributed by atoms with Gasteiger partial charge < -0.3 is 15.4 Å². The van der Waals surface area contributed by atoms with Gasteiger partial charge in [0.05, 0.1) is 13.1 Å². The van der Waals surface area contributed by atoms with Crippen LogP contribution >= 0.6 is 0 Å². The van der Waals surface area contributed by atoms with Gasteiger partial charge >= 0.3 is 0 Å². The van der Waals surface area contributed by atoms with Crippen LogP contribution < -0.4 is 15.4 Å². The number of nitrogens with two attached hydrogens (primary N) is 1. The van der Waals surface area contributed by atoms with Crippen LogP contribution in [0.1, 0.15) is 42.9 Å². The summed E-state index contributed by atoms with van der Waals surface area (Å²) in [6.07, 6.45) is 6.71. The van der Waals surface area contributed by atoms with Gasteiger partial charge in [0.1, 0.15) is 11.9 Å². The van der Waals surface area contributed by atoms with Crippen LogP contribution in [0.2, 0.25) is 0 Å². The zero-order chi connectivity index (χ0) is 15.8. The lowest BCUT2D eigenvalue weighted by atomic mass is 10.1. The second-order valence-electron chi connectivity index (χ2n) is 6.59. The minimum Gasteiger partial charge on any atom is -0.487 e. The summed E-state index contributed by atoms with van der Waals surface area (Å²) in [6.45, 7) is 3.64. The van der Waals surface area contributed by atoms with Crippen molar-refractivity contribution in [1.82, 2.24) is 9.97 Å². The van der Waals surface area contributed by atoms with Crippen molar-refractivity contribution in [2.24, 2.45) is 5.73 Å². The zero-order valence-electron chi connectivity index (χ0n) is 13.4. The summed E-state index contributed by atoms with van der Waals surface area (Å²) < 4.78 is 5.97. The molecule has 1 unspecified atom stereocenters. The third kappa shape index (κ3) is 3.15. The molecular weight excluding hydrogens is 288 g/mol. The third-order valence-electron chi connectivity index (χ3n) is 4.55. The minimum absolute atomic E-state index is 0.0546. The molecule has 23 heavy (non-hydrogen) atoms. The Kier molecular flexibility index (Phi) is 3.65. The molecule has 1 aliphatic carbocycles. The predicted octanol–water partition coefficient (Wildman–Crippen LogP) is 2.64. The number of rotatable bonds is 5. The Hall–Kier alpha value is -2.14. The molecule has 1 atom stereocenters. The van der Waals surface area contributed by atoms with Crippen molar-refractivity contribution in [3.8, 4) is 5.75 Å². The number of aromatic nitrogens is 2. The Balaban J connectivity index is 1.30. The highest BCUT2D eigenvalue weighted by molar-refractivity contribution is 5.37. The Morgan fingerprint density at radius 1 is 1.13 bits per heavy atom. The molecule has 2 N–H and O–H groups in total. The fourth-order valence-electron chi connectivity index (χ4n) is 2.84. The highest BCUT2D eigenvalue weighted by Gasteiger charge is 2.31.